The van der Waals surface area contributed by atoms with E-state index in [1.165, 1.54) is 50.1 Å². The molecule has 2 N–H and O–H groups in total. The average Bonchev–Trinajstić information content (AvgIpc) is 3.11. The van der Waals surface area contributed by atoms with Gasteiger partial charge in [-0.15, -0.1) is 0 Å². The SMILES string of the molecule is CC(=O)Nc1cc(Oc2cnc3nc(Nc4cc(C(F)(F)F)cn(C)c4=O)n(C)c3c2C#N)ccn1. The molecule has 0 radical (unpaired) electrons. The number of nitrogens with zero attached hydrogens (tertiary/aromatic N) is 6. The van der Waals surface area contributed by atoms with Gasteiger partial charge in [0.05, 0.1) is 11.8 Å². The number of rotatable bonds is 5. The minimum Gasteiger partial charge on any atom is -0.454 e. The normalized spacial score (nSPS) is 11.2. The molecule has 0 aliphatic rings. The molecule has 0 saturated carbocycles. The Labute approximate surface area is 200 Å². The highest BCUT2D eigenvalue weighted by atomic mass is 19.4. The van der Waals surface area contributed by atoms with Gasteiger partial charge in [0.1, 0.15) is 34.4 Å². The molecule has 184 valence electrons. The van der Waals surface area contributed by atoms with Gasteiger partial charge in [-0.1, -0.05) is 0 Å². The van der Waals surface area contributed by atoms with Gasteiger partial charge in [-0.25, -0.2) is 9.97 Å². The van der Waals surface area contributed by atoms with Crippen molar-refractivity contribution in [2.24, 2.45) is 14.1 Å². The molecule has 0 aromatic carbocycles. The van der Waals surface area contributed by atoms with Gasteiger partial charge in [0, 0.05) is 39.5 Å². The maximum Gasteiger partial charge on any atom is 0.417 e. The summed E-state index contributed by atoms with van der Waals surface area (Å²) in [7, 11) is 2.70. The summed E-state index contributed by atoms with van der Waals surface area (Å²) in [6.07, 6.45) is -1.31. The average molecular weight is 498 g/mol. The number of hydrogen-bond acceptors (Lipinski definition) is 8. The first-order valence-corrected chi connectivity index (χ1v) is 10.2. The topological polar surface area (TPSA) is 140 Å². The Kier molecular flexibility index (Phi) is 6.07. The lowest BCUT2D eigenvalue weighted by Crippen LogP contribution is -2.23. The summed E-state index contributed by atoms with van der Waals surface area (Å²) < 4.78 is 47.6. The second-order valence-electron chi connectivity index (χ2n) is 7.62. The number of fused-ring (bicyclic) bond motifs is 1. The van der Waals surface area contributed by atoms with Crippen LogP contribution in [0.3, 0.4) is 0 Å². The third kappa shape index (κ3) is 4.67. The number of imidazole rings is 1. The lowest BCUT2D eigenvalue weighted by atomic mass is 10.2. The Morgan fingerprint density at radius 1 is 1.22 bits per heavy atom. The van der Waals surface area contributed by atoms with Crippen molar-refractivity contribution in [3.05, 3.63) is 58.3 Å². The molecule has 0 spiro atoms. The molecule has 0 aliphatic carbocycles. The number of hydrogen-bond donors (Lipinski definition) is 2. The highest BCUT2D eigenvalue weighted by Crippen LogP contribution is 2.33. The number of alkyl halides is 3. The summed E-state index contributed by atoms with van der Waals surface area (Å²) >= 11 is 0. The highest BCUT2D eigenvalue weighted by molar-refractivity contribution is 5.88. The molecule has 4 aromatic heterocycles. The van der Waals surface area contributed by atoms with Crippen LogP contribution in [0.1, 0.15) is 18.1 Å². The highest BCUT2D eigenvalue weighted by Gasteiger charge is 2.32. The van der Waals surface area contributed by atoms with Crippen molar-refractivity contribution >= 4 is 34.5 Å². The Hall–Kier alpha value is -4.93. The van der Waals surface area contributed by atoms with E-state index < -0.39 is 17.3 Å². The lowest BCUT2D eigenvalue weighted by molar-refractivity contribution is -0.138. The van der Waals surface area contributed by atoms with Crippen molar-refractivity contribution < 1.29 is 22.7 Å². The number of nitriles is 1. The number of aromatic nitrogens is 5. The summed E-state index contributed by atoms with van der Waals surface area (Å²) in [4.78, 5) is 36.1. The number of aryl methyl sites for hydroxylation is 2. The zero-order valence-corrected chi connectivity index (χ0v) is 19.0. The predicted molar refractivity (Wildman–Crippen MR) is 122 cm³/mol. The van der Waals surface area contributed by atoms with Crippen LogP contribution in [0.25, 0.3) is 11.2 Å². The maximum atomic E-state index is 13.2. The Morgan fingerprint density at radius 2 is 1.97 bits per heavy atom. The summed E-state index contributed by atoms with van der Waals surface area (Å²) in [5.74, 6) is 0.224. The molecule has 4 rings (SSSR count). The smallest absolute Gasteiger partial charge is 0.417 e. The molecule has 0 aliphatic heterocycles. The standard InChI is InChI=1S/C22H17F3N8O3/c1-11(34)29-17-7-13(4-5-27-17)36-16-9-28-19-18(14(16)8-26)33(3)21(31-19)30-15-6-12(22(23,24)25)10-32(2)20(15)35/h4-7,9-10H,1-3H3,(H,27,29,34)(H,28,30,31). The van der Waals surface area contributed by atoms with Crippen LogP contribution < -0.4 is 20.9 Å². The molecule has 4 heterocycles. The first-order valence-electron chi connectivity index (χ1n) is 10.2. The van der Waals surface area contributed by atoms with Crippen molar-refractivity contribution in [1.29, 1.82) is 5.26 Å². The Bertz CT molecular complexity index is 1600. The van der Waals surface area contributed by atoms with E-state index >= 15 is 0 Å². The number of carbonyl (C=O) groups excluding carboxylic acids is 1. The molecule has 0 bridgehead atoms. The van der Waals surface area contributed by atoms with Gasteiger partial charge in [-0.2, -0.15) is 23.4 Å². The minimum absolute atomic E-state index is 0.0144. The van der Waals surface area contributed by atoms with E-state index in [4.69, 9.17) is 4.74 Å². The summed E-state index contributed by atoms with van der Waals surface area (Å²) in [6, 6.07) is 5.67. The first-order chi connectivity index (χ1) is 17.0. The molecule has 11 nitrogen and oxygen atoms in total. The molecule has 1 amide bonds. The second-order valence-corrected chi connectivity index (χ2v) is 7.62. The monoisotopic (exact) mass is 498 g/mol. The van der Waals surface area contributed by atoms with Gasteiger partial charge in [0.25, 0.3) is 5.56 Å². The van der Waals surface area contributed by atoms with E-state index in [0.29, 0.717) is 12.3 Å². The number of ether oxygens (including phenoxy) is 1. The van der Waals surface area contributed by atoms with E-state index in [1.807, 2.05) is 6.07 Å². The quantitative estimate of drug-likeness (QED) is 0.427. The van der Waals surface area contributed by atoms with Crippen LogP contribution in [0.5, 0.6) is 11.5 Å². The van der Waals surface area contributed by atoms with Gasteiger partial charge in [-0.3, -0.25) is 9.59 Å². The summed E-state index contributed by atoms with van der Waals surface area (Å²) in [6.45, 7) is 1.32. The lowest BCUT2D eigenvalue weighted by Gasteiger charge is -2.12. The van der Waals surface area contributed by atoms with Gasteiger partial charge in [-0.05, 0) is 12.1 Å². The van der Waals surface area contributed by atoms with E-state index in [1.54, 1.807) is 0 Å². The van der Waals surface area contributed by atoms with E-state index in [2.05, 4.69) is 25.6 Å². The Balaban J connectivity index is 1.74. The molecule has 14 heteroatoms. The van der Waals surface area contributed by atoms with Gasteiger partial charge >= 0.3 is 6.18 Å². The molecule has 0 fully saturated rings. The molecule has 0 saturated heterocycles. The molecule has 36 heavy (non-hydrogen) atoms. The van der Waals surface area contributed by atoms with Crippen LogP contribution in [-0.4, -0.2) is 30.0 Å². The molecule has 4 aromatic rings. The summed E-state index contributed by atoms with van der Waals surface area (Å²) in [5, 5.41) is 15.0. The van der Waals surface area contributed by atoms with Gasteiger partial charge < -0.3 is 24.5 Å². The number of pyridine rings is 3. The van der Waals surface area contributed by atoms with Crippen LogP contribution in [0.2, 0.25) is 0 Å². The third-order valence-corrected chi connectivity index (χ3v) is 5.00. The van der Waals surface area contributed by atoms with Crippen molar-refractivity contribution in [3.63, 3.8) is 0 Å². The number of halogens is 3. The minimum atomic E-state index is -4.66. The van der Waals surface area contributed by atoms with Crippen LogP contribution in [0.15, 0.2) is 41.6 Å². The molecular formula is C22H17F3N8O3. The Morgan fingerprint density at radius 3 is 2.64 bits per heavy atom. The fourth-order valence-electron chi connectivity index (χ4n) is 3.38. The van der Waals surface area contributed by atoms with E-state index in [9.17, 15) is 28.0 Å². The fraction of sp³-hybridized carbons (Fsp3) is 0.182. The van der Waals surface area contributed by atoms with Crippen LogP contribution >= 0.6 is 0 Å². The van der Waals surface area contributed by atoms with Gasteiger partial charge in [0.15, 0.2) is 11.4 Å². The number of carbonyl (C=O) groups is 1. The van der Waals surface area contributed by atoms with E-state index in [0.717, 1.165) is 4.57 Å². The van der Waals surface area contributed by atoms with Gasteiger partial charge in [0.2, 0.25) is 11.9 Å². The van der Waals surface area contributed by atoms with Crippen molar-refractivity contribution in [3.8, 4) is 17.6 Å². The van der Waals surface area contributed by atoms with Crippen molar-refractivity contribution in [1.82, 2.24) is 24.1 Å². The molecule has 0 unspecified atom stereocenters. The van der Waals surface area contributed by atoms with Crippen LogP contribution in [-0.2, 0) is 25.1 Å². The zero-order chi connectivity index (χ0) is 26.2. The first kappa shape index (κ1) is 24.2. The molecular weight excluding hydrogens is 481 g/mol. The number of nitrogens with one attached hydrogen (secondary N) is 2. The fourth-order valence-corrected chi connectivity index (χ4v) is 3.38. The largest absolute Gasteiger partial charge is 0.454 e. The molecule has 0 atom stereocenters. The van der Waals surface area contributed by atoms with Crippen LogP contribution in [0, 0.1) is 11.3 Å². The summed E-state index contributed by atoms with van der Waals surface area (Å²) in [5.41, 5.74) is -1.73. The number of anilines is 3. The maximum absolute atomic E-state index is 13.2. The third-order valence-electron chi connectivity index (χ3n) is 5.00. The van der Waals surface area contributed by atoms with E-state index in [-0.39, 0.29) is 51.6 Å². The second kappa shape index (κ2) is 9.02. The van der Waals surface area contributed by atoms with Crippen molar-refractivity contribution in [2.45, 2.75) is 13.1 Å². The van der Waals surface area contributed by atoms with Crippen LogP contribution in [0.4, 0.5) is 30.6 Å². The number of amides is 1. The predicted octanol–water partition coefficient (Wildman–Crippen LogP) is 3.45. The van der Waals surface area contributed by atoms with Crippen molar-refractivity contribution in [2.75, 3.05) is 10.6 Å². The zero-order valence-electron chi connectivity index (χ0n) is 19.0.